The minimum atomic E-state index is -1.80. The molecule has 0 aromatic heterocycles. The summed E-state index contributed by atoms with van der Waals surface area (Å²) in [5, 5.41) is 73.2. The van der Waals surface area contributed by atoms with Crippen LogP contribution >= 0.6 is 0 Å². The van der Waals surface area contributed by atoms with Gasteiger partial charge in [0.25, 0.3) is 0 Å². The second-order valence-corrected chi connectivity index (χ2v) is 12.0. The molecule has 0 spiro atoms. The van der Waals surface area contributed by atoms with Crippen molar-refractivity contribution in [1.82, 2.24) is 0 Å². The maximum Gasteiger partial charge on any atom is 0.233 e. The zero-order chi connectivity index (χ0) is 33.4. The summed E-state index contributed by atoms with van der Waals surface area (Å²) in [7, 11) is 0. The monoisotopic (exact) mass is 645 g/mol. The average Bonchev–Trinajstić information content (AvgIpc) is 3.08. The molecule has 2 aliphatic rings. The van der Waals surface area contributed by atoms with E-state index in [2.05, 4.69) is 0 Å². The van der Waals surface area contributed by atoms with Gasteiger partial charge in [-0.05, 0) is 71.5 Å². The number of aliphatic hydroxyl groups excluding tert-OH is 6. The number of β-lactam (4-membered cyclic amide) rings is 1. The molecule has 1 amide bonds. The quantitative estimate of drug-likeness (QED) is 0.135. The number of phenolic OH excluding ortho intramolecular Hbond substituents is 1. The van der Waals surface area contributed by atoms with Crippen LogP contribution in [0, 0.1) is 11.7 Å². The Hall–Kier alpha value is -4.20. The second-order valence-electron chi connectivity index (χ2n) is 12.0. The van der Waals surface area contributed by atoms with E-state index in [4.69, 9.17) is 4.74 Å². The van der Waals surface area contributed by atoms with Crippen molar-refractivity contribution in [2.24, 2.45) is 5.92 Å². The topological polar surface area (TPSA) is 171 Å². The highest BCUT2D eigenvalue weighted by Gasteiger charge is 2.49. The summed E-state index contributed by atoms with van der Waals surface area (Å²) in [6.07, 6.45) is -10.1. The van der Waals surface area contributed by atoms with Crippen LogP contribution in [0.1, 0.15) is 47.8 Å². The number of benzene rings is 4. The van der Waals surface area contributed by atoms with Gasteiger partial charge in [0.2, 0.25) is 5.91 Å². The van der Waals surface area contributed by atoms with Gasteiger partial charge >= 0.3 is 0 Å². The summed E-state index contributed by atoms with van der Waals surface area (Å²) in [5.74, 6) is -1.16. The van der Waals surface area contributed by atoms with E-state index in [0.717, 1.165) is 0 Å². The van der Waals surface area contributed by atoms with Crippen LogP contribution in [-0.4, -0.2) is 72.4 Å². The third-order valence-corrected chi connectivity index (χ3v) is 9.10. The lowest BCUT2D eigenvalue weighted by Crippen LogP contribution is -2.58. The first kappa shape index (κ1) is 32.7. The van der Waals surface area contributed by atoms with Crippen LogP contribution in [0.5, 0.6) is 5.75 Å². The number of phenols is 1. The number of nitrogens with zero attached hydrogens (tertiary/aromatic N) is 1. The molecule has 4 aromatic rings. The van der Waals surface area contributed by atoms with E-state index in [1.54, 1.807) is 47.4 Å². The first-order chi connectivity index (χ1) is 22.5. The molecule has 11 heteroatoms. The molecular formula is C36H36FNO9. The highest BCUT2D eigenvalue weighted by atomic mass is 19.1. The van der Waals surface area contributed by atoms with E-state index in [-0.39, 0.29) is 18.1 Å². The number of rotatable bonds is 9. The van der Waals surface area contributed by atoms with Crippen LogP contribution in [-0.2, 0) is 9.53 Å². The number of carbonyl (C=O) groups is 1. The first-order valence-electron chi connectivity index (χ1n) is 15.4. The summed E-state index contributed by atoms with van der Waals surface area (Å²) in [4.78, 5) is 15.1. The number of ether oxygens (including phenoxy) is 1. The van der Waals surface area contributed by atoms with Gasteiger partial charge in [0, 0.05) is 11.3 Å². The summed E-state index contributed by atoms with van der Waals surface area (Å²) in [6, 6.07) is 25.8. The molecule has 7 N–H and O–H groups in total. The fraction of sp³-hybridized carbons (Fsp3) is 0.306. The number of aromatic hydroxyl groups is 1. The van der Waals surface area contributed by atoms with Gasteiger partial charge in [-0.3, -0.25) is 4.79 Å². The van der Waals surface area contributed by atoms with Crippen molar-refractivity contribution in [3.63, 3.8) is 0 Å². The molecule has 0 unspecified atom stereocenters. The Kier molecular flexibility index (Phi) is 9.40. The fourth-order valence-corrected chi connectivity index (χ4v) is 6.46. The smallest absolute Gasteiger partial charge is 0.233 e. The zero-order valence-corrected chi connectivity index (χ0v) is 25.1. The van der Waals surface area contributed by atoms with E-state index in [0.29, 0.717) is 39.9 Å². The zero-order valence-electron chi connectivity index (χ0n) is 25.1. The van der Waals surface area contributed by atoms with Gasteiger partial charge in [-0.2, -0.15) is 0 Å². The van der Waals surface area contributed by atoms with Crippen LogP contribution in [0.25, 0.3) is 11.1 Å². The van der Waals surface area contributed by atoms with Crippen molar-refractivity contribution in [1.29, 1.82) is 0 Å². The summed E-state index contributed by atoms with van der Waals surface area (Å²) in [6.45, 7) is 0. The molecule has 2 heterocycles. The van der Waals surface area contributed by atoms with Gasteiger partial charge < -0.3 is 45.4 Å². The summed E-state index contributed by atoms with van der Waals surface area (Å²) >= 11 is 0. The highest BCUT2D eigenvalue weighted by Crippen LogP contribution is 2.49. The van der Waals surface area contributed by atoms with Gasteiger partial charge in [0.15, 0.2) is 6.29 Å². The number of hydrogen-bond acceptors (Lipinski definition) is 9. The maximum atomic E-state index is 13.5. The first-order valence-corrected chi connectivity index (χ1v) is 15.4. The van der Waals surface area contributed by atoms with E-state index >= 15 is 0 Å². The van der Waals surface area contributed by atoms with Crippen molar-refractivity contribution in [2.45, 2.75) is 61.8 Å². The van der Waals surface area contributed by atoms with Crippen LogP contribution in [0.2, 0.25) is 0 Å². The number of anilines is 1. The third kappa shape index (κ3) is 6.39. The lowest BCUT2D eigenvalue weighted by molar-refractivity contribution is -0.297. The van der Waals surface area contributed by atoms with E-state index < -0.39 is 60.7 Å². The maximum absolute atomic E-state index is 13.5. The van der Waals surface area contributed by atoms with Crippen LogP contribution < -0.4 is 4.90 Å². The Balaban J connectivity index is 1.25. The molecule has 9 atom stereocenters. The van der Waals surface area contributed by atoms with Crippen molar-refractivity contribution < 1.29 is 49.7 Å². The normalized spacial score (nSPS) is 27.3. The fourth-order valence-electron chi connectivity index (χ4n) is 6.46. The number of halogens is 1. The molecule has 246 valence electrons. The van der Waals surface area contributed by atoms with Crippen molar-refractivity contribution in [2.75, 3.05) is 4.90 Å². The van der Waals surface area contributed by atoms with Crippen LogP contribution in [0.3, 0.4) is 0 Å². The van der Waals surface area contributed by atoms with Crippen molar-refractivity contribution in [3.8, 4) is 16.9 Å². The summed E-state index contributed by atoms with van der Waals surface area (Å²) < 4.78 is 18.6. The summed E-state index contributed by atoms with van der Waals surface area (Å²) in [5.41, 5.74) is 3.20. The SMILES string of the molecule is O=C1[C@H](CC[C@H](O)c2ccc(F)cc2)[C@@H](c2ccc(-c3cccc([C@H](O)[C@H]4O[C@H](O)[C@H](O)[C@@H](O)[C@@H]4O)c3)cc2O)N1c1ccccc1. The Labute approximate surface area is 270 Å². The number of carbonyl (C=O) groups excluding carboxylic acids is 1. The van der Waals surface area contributed by atoms with Crippen LogP contribution in [0.4, 0.5) is 10.1 Å². The van der Waals surface area contributed by atoms with Gasteiger partial charge in [-0.25, -0.2) is 4.39 Å². The molecule has 2 aliphatic heterocycles. The predicted octanol–water partition coefficient (Wildman–Crippen LogP) is 3.25. The molecule has 2 saturated heterocycles. The standard InChI is InChI=1S/C36H36FNO9/c37-23-12-9-19(10-13-23)27(39)16-15-26-29(38(35(26)45)24-7-2-1-3-8-24)25-14-11-21(18-28(25)40)20-5-4-6-22(17-20)30(41)34-32(43)31(42)33(44)36(46)47-34/h1-14,17-18,26-27,29-34,36,39-44,46H,15-16H2/t26-,27+,29-,30+,31+,32+,33-,34-,36+/m1/s1. The number of aliphatic hydroxyl groups is 6. The molecule has 10 nitrogen and oxygen atoms in total. The molecular weight excluding hydrogens is 609 g/mol. The minimum absolute atomic E-state index is 0.0674. The molecule has 4 aromatic carbocycles. The molecule has 0 radical (unpaired) electrons. The second kappa shape index (κ2) is 13.5. The number of para-hydroxylation sites is 1. The lowest BCUT2D eigenvalue weighted by atomic mass is 9.77. The third-order valence-electron chi connectivity index (χ3n) is 9.10. The number of hydrogen-bond donors (Lipinski definition) is 7. The number of amides is 1. The van der Waals surface area contributed by atoms with Gasteiger partial charge in [-0.1, -0.05) is 60.7 Å². The molecule has 0 saturated carbocycles. The largest absolute Gasteiger partial charge is 0.508 e. The van der Waals surface area contributed by atoms with E-state index in [1.807, 2.05) is 30.3 Å². The molecule has 0 aliphatic carbocycles. The molecule has 47 heavy (non-hydrogen) atoms. The lowest BCUT2D eigenvalue weighted by Gasteiger charge is -2.48. The Morgan fingerprint density at radius 3 is 2.17 bits per heavy atom. The van der Waals surface area contributed by atoms with Crippen molar-refractivity contribution >= 4 is 11.6 Å². The molecule has 6 rings (SSSR count). The Bertz CT molecular complexity index is 1700. The average molecular weight is 646 g/mol. The Morgan fingerprint density at radius 1 is 0.766 bits per heavy atom. The predicted molar refractivity (Wildman–Crippen MR) is 168 cm³/mol. The highest BCUT2D eigenvalue weighted by molar-refractivity contribution is 6.03. The Morgan fingerprint density at radius 2 is 1.47 bits per heavy atom. The van der Waals surface area contributed by atoms with Gasteiger partial charge in [0.1, 0.15) is 42.1 Å². The van der Waals surface area contributed by atoms with Gasteiger partial charge in [0.05, 0.1) is 18.1 Å². The van der Waals surface area contributed by atoms with E-state index in [9.17, 15) is 44.9 Å². The molecule has 0 bridgehead atoms. The van der Waals surface area contributed by atoms with E-state index in [1.165, 1.54) is 24.3 Å². The van der Waals surface area contributed by atoms with Crippen molar-refractivity contribution in [3.05, 3.63) is 120 Å². The molecule has 2 fully saturated rings. The van der Waals surface area contributed by atoms with Gasteiger partial charge in [-0.15, -0.1) is 0 Å². The van der Waals surface area contributed by atoms with Crippen LogP contribution in [0.15, 0.2) is 97.1 Å². The minimum Gasteiger partial charge on any atom is -0.508 e.